The summed E-state index contributed by atoms with van der Waals surface area (Å²) in [5, 5.41) is 7.92. The molecule has 0 spiro atoms. The summed E-state index contributed by atoms with van der Waals surface area (Å²) in [5.41, 5.74) is 3.94. The maximum atomic E-state index is 12.4. The second kappa shape index (κ2) is 13.0. The lowest BCUT2D eigenvalue weighted by molar-refractivity contribution is -0.120. The number of benzene rings is 3. The minimum absolute atomic E-state index is 0.188. The van der Waals surface area contributed by atoms with Gasteiger partial charge in [0.2, 0.25) is 0 Å². The fourth-order valence-electron chi connectivity index (χ4n) is 3.00. The Morgan fingerprint density at radius 3 is 2.31 bits per heavy atom. The highest BCUT2D eigenvalue weighted by Gasteiger charge is 2.12. The highest BCUT2D eigenvalue weighted by atomic mass is 35.5. The van der Waals surface area contributed by atoms with Crippen molar-refractivity contribution in [3.63, 3.8) is 0 Å². The van der Waals surface area contributed by atoms with Gasteiger partial charge in [-0.25, -0.2) is 5.43 Å². The van der Waals surface area contributed by atoms with Gasteiger partial charge in [-0.15, -0.1) is 0 Å². The zero-order valence-electron chi connectivity index (χ0n) is 19.3. The Kier molecular flexibility index (Phi) is 9.81. The van der Waals surface area contributed by atoms with Gasteiger partial charge in [0, 0.05) is 31.8 Å². The SMILES string of the molecule is COc1ccc(C(=O)NCC(=O)NN=Cc2cc(Cl)ccc2OCc2ccc(Cl)cc2Cl)cc1OC. The van der Waals surface area contributed by atoms with Gasteiger partial charge in [0.1, 0.15) is 12.4 Å². The largest absolute Gasteiger partial charge is 0.493 e. The number of methoxy groups -OCH3 is 2. The van der Waals surface area contributed by atoms with Crippen molar-refractivity contribution in [3.05, 3.63) is 86.4 Å². The molecule has 0 radical (unpaired) electrons. The topological polar surface area (TPSA) is 98.2 Å². The van der Waals surface area contributed by atoms with Crippen LogP contribution in [0, 0.1) is 0 Å². The minimum atomic E-state index is -0.530. The average molecular weight is 551 g/mol. The van der Waals surface area contributed by atoms with Crippen LogP contribution in [-0.4, -0.2) is 38.8 Å². The van der Waals surface area contributed by atoms with Crippen LogP contribution in [0.15, 0.2) is 59.7 Å². The zero-order chi connectivity index (χ0) is 26.1. The van der Waals surface area contributed by atoms with E-state index in [1.165, 1.54) is 26.5 Å². The number of carbonyl (C=O) groups is 2. The Bertz CT molecular complexity index is 1280. The molecule has 11 heteroatoms. The summed E-state index contributed by atoms with van der Waals surface area (Å²) >= 11 is 18.2. The Hall–Kier alpha value is -3.46. The number of hydrogen-bond acceptors (Lipinski definition) is 6. The third-order valence-corrected chi connectivity index (χ3v) is 5.64. The van der Waals surface area contributed by atoms with E-state index in [4.69, 9.17) is 49.0 Å². The second-order valence-corrected chi connectivity index (χ2v) is 8.53. The predicted octanol–water partition coefficient (Wildman–Crippen LogP) is 5.12. The smallest absolute Gasteiger partial charge is 0.259 e. The first-order chi connectivity index (χ1) is 17.3. The van der Waals surface area contributed by atoms with E-state index in [0.29, 0.717) is 43.4 Å². The first kappa shape index (κ1) is 27.1. The Labute approximate surface area is 223 Å². The third-order valence-electron chi connectivity index (χ3n) is 4.82. The summed E-state index contributed by atoms with van der Waals surface area (Å²) in [5.74, 6) is 0.378. The first-order valence-corrected chi connectivity index (χ1v) is 11.6. The van der Waals surface area contributed by atoms with E-state index >= 15 is 0 Å². The highest BCUT2D eigenvalue weighted by molar-refractivity contribution is 6.35. The van der Waals surface area contributed by atoms with E-state index in [-0.39, 0.29) is 13.2 Å². The first-order valence-electron chi connectivity index (χ1n) is 10.5. The molecule has 0 aliphatic heterocycles. The summed E-state index contributed by atoms with van der Waals surface area (Å²) in [7, 11) is 2.96. The number of carbonyl (C=O) groups excluding carboxylic acids is 2. The quantitative estimate of drug-likeness (QED) is 0.270. The van der Waals surface area contributed by atoms with Gasteiger partial charge in [-0.2, -0.15) is 5.10 Å². The van der Waals surface area contributed by atoms with Crippen LogP contribution in [0.1, 0.15) is 21.5 Å². The molecule has 2 N–H and O–H groups in total. The molecule has 0 heterocycles. The molecule has 0 fully saturated rings. The molecule has 0 saturated heterocycles. The molecule has 188 valence electrons. The maximum Gasteiger partial charge on any atom is 0.259 e. The number of hydrazone groups is 1. The van der Waals surface area contributed by atoms with E-state index in [0.717, 1.165) is 5.56 Å². The number of rotatable bonds is 10. The molecule has 3 rings (SSSR count). The van der Waals surface area contributed by atoms with Gasteiger partial charge in [0.05, 0.1) is 27.0 Å². The molecule has 0 bridgehead atoms. The summed E-state index contributed by atoms with van der Waals surface area (Å²) < 4.78 is 16.2. The second-order valence-electron chi connectivity index (χ2n) is 7.25. The highest BCUT2D eigenvalue weighted by Crippen LogP contribution is 2.28. The number of nitrogens with zero attached hydrogens (tertiary/aromatic N) is 1. The Balaban J connectivity index is 1.57. The van der Waals surface area contributed by atoms with Crippen molar-refractivity contribution in [1.82, 2.24) is 10.7 Å². The molecule has 8 nitrogen and oxygen atoms in total. The standard InChI is InChI=1S/C25H22Cl3N3O5/c1-34-22-7-4-15(10-23(22)35-2)25(33)29-13-24(32)31-30-12-17-9-18(26)6-8-21(17)36-14-16-3-5-19(27)11-20(16)28/h3-12H,13-14H2,1-2H3,(H,29,33)(H,31,32). The van der Waals surface area contributed by atoms with Crippen molar-refractivity contribution in [3.8, 4) is 17.2 Å². The van der Waals surface area contributed by atoms with Crippen LogP contribution in [0.5, 0.6) is 17.2 Å². The zero-order valence-corrected chi connectivity index (χ0v) is 21.6. The van der Waals surface area contributed by atoms with Crippen molar-refractivity contribution < 1.29 is 23.8 Å². The number of ether oxygens (including phenoxy) is 3. The molecular weight excluding hydrogens is 529 g/mol. The van der Waals surface area contributed by atoms with Crippen LogP contribution in [-0.2, 0) is 11.4 Å². The Morgan fingerprint density at radius 2 is 1.58 bits per heavy atom. The van der Waals surface area contributed by atoms with Gasteiger partial charge in [-0.1, -0.05) is 40.9 Å². The van der Waals surface area contributed by atoms with Crippen LogP contribution in [0.3, 0.4) is 0 Å². The number of halogens is 3. The molecule has 36 heavy (non-hydrogen) atoms. The predicted molar refractivity (Wildman–Crippen MR) is 140 cm³/mol. The van der Waals surface area contributed by atoms with E-state index < -0.39 is 11.8 Å². The lowest BCUT2D eigenvalue weighted by Crippen LogP contribution is -2.34. The van der Waals surface area contributed by atoms with Gasteiger partial charge < -0.3 is 19.5 Å². The molecule has 3 aromatic rings. The van der Waals surface area contributed by atoms with Crippen LogP contribution in [0.2, 0.25) is 15.1 Å². The summed E-state index contributed by atoms with van der Waals surface area (Å²) in [4.78, 5) is 24.5. The molecule has 2 amide bonds. The van der Waals surface area contributed by atoms with E-state index in [1.54, 1.807) is 48.5 Å². The summed E-state index contributed by atoms with van der Waals surface area (Å²) in [6.45, 7) is -0.106. The average Bonchev–Trinajstić information content (AvgIpc) is 2.87. The molecule has 0 saturated carbocycles. The molecule has 0 atom stereocenters. The fourth-order valence-corrected chi connectivity index (χ4v) is 3.64. The van der Waals surface area contributed by atoms with Crippen molar-refractivity contribution >= 4 is 52.8 Å². The molecule has 3 aromatic carbocycles. The number of amides is 2. The Morgan fingerprint density at radius 1 is 0.889 bits per heavy atom. The minimum Gasteiger partial charge on any atom is -0.493 e. The van der Waals surface area contributed by atoms with Gasteiger partial charge in [-0.05, 0) is 48.5 Å². The molecule has 0 unspecified atom stereocenters. The fraction of sp³-hybridized carbons (Fsp3) is 0.160. The lowest BCUT2D eigenvalue weighted by Gasteiger charge is -2.11. The van der Waals surface area contributed by atoms with Gasteiger partial charge >= 0.3 is 0 Å². The van der Waals surface area contributed by atoms with Gasteiger partial charge in [0.25, 0.3) is 11.8 Å². The van der Waals surface area contributed by atoms with E-state index in [2.05, 4.69) is 15.8 Å². The van der Waals surface area contributed by atoms with Crippen LogP contribution < -0.4 is 25.0 Å². The van der Waals surface area contributed by atoms with E-state index in [1.807, 2.05) is 0 Å². The molecule has 0 aliphatic carbocycles. The molecular formula is C25H22Cl3N3O5. The van der Waals surface area contributed by atoms with Crippen molar-refractivity contribution in [1.29, 1.82) is 0 Å². The lowest BCUT2D eigenvalue weighted by atomic mass is 10.2. The van der Waals surface area contributed by atoms with Crippen molar-refractivity contribution in [2.24, 2.45) is 5.10 Å². The number of nitrogens with one attached hydrogen (secondary N) is 2. The molecule has 0 aliphatic rings. The number of hydrogen-bond donors (Lipinski definition) is 2. The van der Waals surface area contributed by atoms with Crippen LogP contribution in [0.25, 0.3) is 0 Å². The molecule has 0 aromatic heterocycles. The van der Waals surface area contributed by atoms with Gasteiger partial charge in [-0.3, -0.25) is 9.59 Å². The normalized spacial score (nSPS) is 10.7. The summed E-state index contributed by atoms with van der Waals surface area (Å²) in [6, 6.07) is 14.8. The van der Waals surface area contributed by atoms with Crippen LogP contribution in [0.4, 0.5) is 0 Å². The maximum absolute atomic E-state index is 12.4. The van der Waals surface area contributed by atoms with Crippen molar-refractivity contribution in [2.75, 3.05) is 20.8 Å². The van der Waals surface area contributed by atoms with E-state index in [9.17, 15) is 9.59 Å². The van der Waals surface area contributed by atoms with Gasteiger partial charge in [0.15, 0.2) is 11.5 Å². The van der Waals surface area contributed by atoms with Crippen molar-refractivity contribution in [2.45, 2.75) is 6.61 Å². The monoisotopic (exact) mass is 549 g/mol. The summed E-state index contributed by atoms with van der Waals surface area (Å²) in [6.07, 6.45) is 1.39. The third kappa shape index (κ3) is 7.52. The van der Waals surface area contributed by atoms with Crippen LogP contribution >= 0.6 is 34.8 Å².